The molecule has 0 saturated carbocycles. The highest BCUT2D eigenvalue weighted by Gasteiger charge is 2.26. The number of rotatable bonds is 7. The van der Waals surface area contributed by atoms with Gasteiger partial charge in [-0.2, -0.15) is 0 Å². The number of aryl methyl sites for hydroxylation is 1. The normalized spacial score (nSPS) is 16.6. The monoisotopic (exact) mass is 441 g/mol. The highest BCUT2D eigenvalue weighted by Crippen LogP contribution is 2.27. The van der Waals surface area contributed by atoms with Crippen LogP contribution in [0.2, 0.25) is 5.02 Å². The Morgan fingerprint density at radius 3 is 3.03 bits per heavy atom. The molecule has 0 bridgehead atoms. The molecule has 2 N–H and O–H groups in total. The topological polar surface area (TPSA) is 83.0 Å². The molecule has 2 amide bonds. The maximum atomic E-state index is 13.1. The van der Waals surface area contributed by atoms with Crippen molar-refractivity contribution in [3.8, 4) is 0 Å². The molecule has 31 heavy (non-hydrogen) atoms. The van der Waals surface area contributed by atoms with Crippen molar-refractivity contribution in [1.82, 2.24) is 24.8 Å². The second-order valence-electron chi connectivity index (χ2n) is 8.30. The number of aromatic amines is 1. The van der Waals surface area contributed by atoms with Crippen LogP contribution in [0.25, 0.3) is 10.9 Å². The summed E-state index contributed by atoms with van der Waals surface area (Å²) in [5.41, 5.74) is 2.99. The van der Waals surface area contributed by atoms with Gasteiger partial charge in [0, 0.05) is 66.6 Å². The number of hydrogen-bond acceptors (Lipinski definition) is 3. The van der Waals surface area contributed by atoms with Crippen molar-refractivity contribution in [1.29, 1.82) is 0 Å². The lowest BCUT2D eigenvalue weighted by atomic mass is 9.94. The number of nitrogens with zero attached hydrogens (tertiary/aromatic N) is 3. The molecule has 0 radical (unpaired) electrons. The summed E-state index contributed by atoms with van der Waals surface area (Å²) in [4.78, 5) is 34.6. The van der Waals surface area contributed by atoms with Crippen LogP contribution in [0.4, 0.5) is 0 Å². The van der Waals surface area contributed by atoms with E-state index in [0.717, 1.165) is 41.5 Å². The number of fused-ring (bicyclic) bond motifs is 1. The molecule has 0 spiro atoms. The van der Waals surface area contributed by atoms with Crippen LogP contribution in [0, 0.1) is 12.8 Å². The van der Waals surface area contributed by atoms with Gasteiger partial charge < -0.3 is 19.8 Å². The fourth-order valence-corrected chi connectivity index (χ4v) is 4.55. The van der Waals surface area contributed by atoms with Crippen molar-refractivity contribution < 1.29 is 9.59 Å². The standard InChI is InChI=1S/C23H28ClN5O2/c1-16-19(20-12-18(24)4-5-21(20)27-16)13-23(31)29-8-2-3-17(14-29)11-22(30)26-7-10-28-9-6-25-15-28/h4-6,9,12,15,17,27H,2-3,7-8,10-11,13-14H2,1H3,(H,26,30)/t17-/m1/s1. The lowest BCUT2D eigenvalue weighted by molar-refractivity contribution is -0.133. The number of halogens is 1. The lowest BCUT2D eigenvalue weighted by Crippen LogP contribution is -2.42. The molecule has 2 aromatic heterocycles. The number of carbonyl (C=O) groups is 2. The lowest BCUT2D eigenvalue weighted by Gasteiger charge is -2.32. The second kappa shape index (κ2) is 9.56. The van der Waals surface area contributed by atoms with Crippen LogP contribution >= 0.6 is 11.6 Å². The zero-order valence-electron chi connectivity index (χ0n) is 17.7. The molecule has 4 rings (SSSR count). The van der Waals surface area contributed by atoms with E-state index in [1.165, 1.54) is 0 Å². The first-order valence-corrected chi connectivity index (χ1v) is 11.1. The van der Waals surface area contributed by atoms with Crippen LogP contribution in [0.15, 0.2) is 36.9 Å². The van der Waals surface area contributed by atoms with Crippen molar-refractivity contribution in [2.45, 2.75) is 39.2 Å². The van der Waals surface area contributed by atoms with Crippen LogP contribution in [0.3, 0.4) is 0 Å². The van der Waals surface area contributed by atoms with E-state index < -0.39 is 0 Å². The van der Waals surface area contributed by atoms with Gasteiger partial charge in [-0.05, 0) is 49.4 Å². The molecule has 1 aromatic carbocycles. The molecule has 164 valence electrons. The predicted molar refractivity (Wildman–Crippen MR) is 121 cm³/mol. The number of nitrogens with one attached hydrogen (secondary N) is 2. The van der Waals surface area contributed by atoms with E-state index in [0.29, 0.717) is 37.5 Å². The summed E-state index contributed by atoms with van der Waals surface area (Å²) in [6.07, 6.45) is 8.03. The van der Waals surface area contributed by atoms with Crippen LogP contribution < -0.4 is 5.32 Å². The van der Waals surface area contributed by atoms with Gasteiger partial charge in [-0.25, -0.2) is 4.98 Å². The Hall–Kier alpha value is -2.80. The Labute approximate surface area is 186 Å². The molecular weight excluding hydrogens is 414 g/mol. The van der Waals surface area contributed by atoms with Crippen molar-refractivity contribution in [3.05, 3.63) is 53.2 Å². The average Bonchev–Trinajstić information content (AvgIpc) is 3.36. The molecular formula is C23H28ClN5O2. The predicted octanol–water partition coefficient (Wildman–Crippen LogP) is 3.31. The van der Waals surface area contributed by atoms with E-state index in [4.69, 9.17) is 11.6 Å². The number of amides is 2. The van der Waals surface area contributed by atoms with Crippen molar-refractivity contribution >= 4 is 34.3 Å². The first-order valence-electron chi connectivity index (χ1n) is 10.8. The molecule has 1 atom stereocenters. The van der Waals surface area contributed by atoms with Gasteiger partial charge in [0.1, 0.15) is 0 Å². The van der Waals surface area contributed by atoms with Crippen molar-refractivity contribution in [3.63, 3.8) is 0 Å². The Bertz CT molecular complexity index is 1060. The summed E-state index contributed by atoms with van der Waals surface area (Å²) < 4.78 is 1.93. The number of hydrogen-bond donors (Lipinski definition) is 2. The van der Waals surface area contributed by atoms with Crippen LogP contribution in [0.5, 0.6) is 0 Å². The minimum Gasteiger partial charge on any atom is -0.358 e. The van der Waals surface area contributed by atoms with E-state index in [9.17, 15) is 9.59 Å². The SMILES string of the molecule is Cc1[nH]c2ccc(Cl)cc2c1CC(=O)N1CCC[C@H](CC(=O)NCCn2ccnc2)C1. The van der Waals surface area contributed by atoms with Gasteiger partial charge in [-0.15, -0.1) is 0 Å². The minimum atomic E-state index is 0.0431. The molecule has 1 aliphatic heterocycles. The molecule has 1 aliphatic rings. The van der Waals surface area contributed by atoms with Gasteiger partial charge in [0.25, 0.3) is 0 Å². The Kier molecular flexibility index (Phi) is 6.61. The highest BCUT2D eigenvalue weighted by atomic mass is 35.5. The van der Waals surface area contributed by atoms with E-state index in [1.807, 2.05) is 40.8 Å². The molecule has 0 aliphatic carbocycles. The minimum absolute atomic E-state index is 0.0431. The first-order chi connectivity index (χ1) is 15.0. The van der Waals surface area contributed by atoms with Gasteiger partial charge in [-0.3, -0.25) is 9.59 Å². The third-order valence-corrected chi connectivity index (χ3v) is 6.24. The molecule has 8 heteroatoms. The Morgan fingerprint density at radius 2 is 2.23 bits per heavy atom. The van der Waals surface area contributed by atoms with E-state index >= 15 is 0 Å². The van der Waals surface area contributed by atoms with Gasteiger partial charge in [-0.1, -0.05) is 11.6 Å². The van der Waals surface area contributed by atoms with Crippen molar-refractivity contribution in [2.75, 3.05) is 19.6 Å². The Morgan fingerprint density at radius 1 is 1.35 bits per heavy atom. The average molecular weight is 442 g/mol. The fraction of sp³-hybridized carbons (Fsp3) is 0.435. The quantitative estimate of drug-likeness (QED) is 0.590. The number of piperidine rings is 1. The first kappa shape index (κ1) is 21.4. The summed E-state index contributed by atoms with van der Waals surface area (Å²) in [6, 6.07) is 5.71. The molecule has 1 saturated heterocycles. The maximum absolute atomic E-state index is 13.1. The maximum Gasteiger partial charge on any atom is 0.227 e. The molecule has 0 unspecified atom stereocenters. The van der Waals surface area contributed by atoms with Gasteiger partial charge >= 0.3 is 0 Å². The number of likely N-dealkylation sites (tertiary alicyclic amines) is 1. The largest absolute Gasteiger partial charge is 0.358 e. The summed E-state index contributed by atoms with van der Waals surface area (Å²) in [6.45, 7) is 4.65. The third-order valence-electron chi connectivity index (χ3n) is 6.01. The third kappa shape index (κ3) is 5.28. The smallest absolute Gasteiger partial charge is 0.227 e. The van der Waals surface area contributed by atoms with E-state index in [2.05, 4.69) is 15.3 Å². The zero-order valence-corrected chi connectivity index (χ0v) is 18.5. The molecule has 7 nitrogen and oxygen atoms in total. The number of benzene rings is 1. The second-order valence-corrected chi connectivity index (χ2v) is 8.73. The van der Waals surface area contributed by atoms with Crippen LogP contribution in [0.1, 0.15) is 30.5 Å². The summed E-state index contributed by atoms with van der Waals surface area (Å²) in [5, 5.41) is 4.64. The number of carbonyl (C=O) groups excluding carboxylic acids is 2. The van der Waals surface area contributed by atoms with Gasteiger partial charge in [0.05, 0.1) is 12.7 Å². The van der Waals surface area contributed by atoms with Crippen LogP contribution in [-0.4, -0.2) is 50.9 Å². The molecule has 3 aromatic rings. The summed E-state index contributed by atoms with van der Waals surface area (Å²) in [7, 11) is 0. The van der Waals surface area contributed by atoms with E-state index in [-0.39, 0.29) is 17.7 Å². The van der Waals surface area contributed by atoms with E-state index in [1.54, 1.807) is 12.5 Å². The van der Waals surface area contributed by atoms with Crippen molar-refractivity contribution in [2.24, 2.45) is 5.92 Å². The summed E-state index contributed by atoms with van der Waals surface area (Å²) in [5.74, 6) is 0.347. The fourth-order valence-electron chi connectivity index (χ4n) is 4.38. The summed E-state index contributed by atoms with van der Waals surface area (Å²) >= 11 is 6.17. The van der Waals surface area contributed by atoms with Crippen LogP contribution in [-0.2, 0) is 22.6 Å². The van der Waals surface area contributed by atoms with Gasteiger partial charge in [0.2, 0.25) is 11.8 Å². The van der Waals surface area contributed by atoms with Gasteiger partial charge in [0.15, 0.2) is 0 Å². The molecule has 1 fully saturated rings. The Balaban J connectivity index is 1.31. The highest BCUT2D eigenvalue weighted by molar-refractivity contribution is 6.31. The zero-order chi connectivity index (χ0) is 21.8. The number of aromatic nitrogens is 3. The number of imidazole rings is 1. The molecule has 3 heterocycles. The number of H-pyrrole nitrogens is 1.